The minimum atomic E-state index is -4.61. The third-order valence-corrected chi connectivity index (χ3v) is 4.50. The van der Waals surface area contributed by atoms with Crippen LogP contribution in [-0.2, 0) is 9.47 Å². The molecule has 1 aromatic carbocycles. The predicted octanol–water partition coefficient (Wildman–Crippen LogP) is 2.17. The number of halogens is 3. The Bertz CT molecular complexity index is 968. The molecule has 0 radical (unpaired) electrons. The number of benzene rings is 1. The number of ether oxygens (including phenoxy) is 2. The summed E-state index contributed by atoms with van der Waals surface area (Å²) in [6, 6.07) is 7.84. The lowest BCUT2D eigenvalue weighted by molar-refractivity contribution is -0.191. The molecule has 0 amide bonds. The number of nitrogens with zero attached hydrogens (tertiary/aromatic N) is 1. The molecule has 1 aromatic heterocycles. The van der Waals surface area contributed by atoms with Crippen molar-refractivity contribution in [3.8, 4) is 0 Å². The third kappa shape index (κ3) is 4.16. The fourth-order valence-corrected chi connectivity index (χ4v) is 3.02. The van der Waals surface area contributed by atoms with Gasteiger partial charge in [-0.05, 0) is 19.1 Å². The van der Waals surface area contributed by atoms with Crippen LogP contribution in [0.3, 0.4) is 0 Å². The standard InChI is InChI=1S/C18H17F3N2O5/c1-10-8-23(17(26)22-15(10)24)14-7-12(18(19,20)21)13(28-14)9-27-16(25)11-5-3-2-4-6-11/h2-6,8,12-14H,7,9H2,1H3,(H,22,24,26)/t12-,13+,14+/m0/s1. The molecule has 1 aliphatic heterocycles. The summed E-state index contributed by atoms with van der Waals surface area (Å²) in [4.78, 5) is 37.4. The summed E-state index contributed by atoms with van der Waals surface area (Å²) in [5.41, 5.74) is -1.14. The van der Waals surface area contributed by atoms with Gasteiger partial charge in [0.15, 0.2) is 0 Å². The molecule has 28 heavy (non-hydrogen) atoms. The Balaban J connectivity index is 1.78. The second-order valence-corrected chi connectivity index (χ2v) is 6.46. The van der Waals surface area contributed by atoms with Crippen LogP contribution in [0.25, 0.3) is 0 Å². The molecule has 7 nitrogen and oxygen atoms in total. The fourth-order valence-electron chi connectivity index (χ4n) is 3.02. The smallest absolute Gasteiger partial charge is 0.394 e. The lowest BCUT2D eigenvalue weighted by Crippen LogP contribution is -2.34. The number of aromatic amines is 1. The Morgan fingerprint density at radius 2 is 1.96 bits per heavy atom. The van der Waals surface area contributed by atoms with Gasteiger partial charge >= 0.3 is 17.8 Å². The van der Waals surface area contributed by atoms with E-state index in [1.165, 1.54) is 19.1 Å². The van der Waals surface area contributed by atoms with E-state index in [1.54, 1.807) is 18.2 Å². The van der Waals surface area contributed by atoms with Crippen molar-refractivity contribution in [3.63, 3.8) is 0 Å². The molecule has 1 N–H and O–H groups in total. The summed E-state index contributed by atoms with van der Waals surface area (Å²) >= 11 is 0. The first-order chi connectivity index (χ1) is 13.2. The van der Waals surface area contributed by atoms with Crippen molar-refractivity contribution in [3.05, 3.63) is 68.5 Å². The van der Waals surface area contributed by atoms with E-state index in [9.17, 15) is 27.6 Å². The molecule has 1 aliphatic rings. The molecule has 0 bridgehead atoms. The van der Waals surface area contributed by atoms with Crippen molar-refractivity contribution in [2.75, 3.05) is 6.61 Å². The van der Waals surface area contributed by atoms with Crippen LogP contribution < -0.4 is 11.2 Å². The highest BCUT2D eigenvalue weighted by atomic mass is 19.4. The maximum atomic E-state index is 13.4. The van der Waals surface area contributed by atoms with Crippen molar-refractivity contribution < 1.29 is 27.4 Å². The highest BCUT2D eigenvalue weighted by molar-refractivity contribution is 5.89. The van der Waals surface area contributed by atoms with E-state index in [-0.39, 0.29) is 11.1 Å². The number of alkyl halides is 3. The average Bonchev–Trinajstić information content (AvgIpc) is 3.08. The summed E-state index contributed by atoms with van der Waals surface area (Å²) in [5.74, 6) is -2.70. The maximum absolute atomic E-state index is 13.4. The van der Waals surface area contributed by atoms with Crippen LogP contribution in [0.4, 0.5) is 13.2 Å². The maximum Gasteiger partial charge on any atom is 0.394 e. The number of aryl methyl sites for hydroxylation is 1. The molecule has 0 aliphatic carbocycles. The monoisotopic (exact) mass is 398 g/mol. The number of esters is 1. The second kappa shape index (κ2) is 7.63. The van der Waals surface area contributed by atoms with Crippen LogP contribution in [0.2, 0.25) is 0 Å². The zero-order valence-corrected chi connectivity index (χ0v) is 14.7. The Morgan fingerprint density at radius 3 is 2.61 bits per heavy atom. The van der Waals surface area contributed by atoms with E-state index in [1.807, 2.05) is 4.98 Å². The molecule has 1 fully saturated rings. The average molecular weight is 398 g/mol. The Labute approximate surface area is 156 Å². The van der Waals surface area contributed by atoms with Crippen LogP contribution >= 0.6 is 0 Å². The molecule has 0 saturated carbocycles. The summed E-state index contributed by atoms with van der Waals surface area (Å²) in [6.45, 7) is 0.801. The first-order valence-corrected chi connectivity index (χ1v) is 8.43. The number of rotatable bonds is 4. The van der Waals surface area contributed by atoms with Gasteiger partial charge in [0, 0.05) is 18.2 Å². The van der Waals surface area contributed by atoms with E-state index < -0.39 is 54.7 Å². The molecule has 1 saturated heterocycles. The predicted molar refractivity (Wildman–Crippen MR) is 90.9 cm³/mol. The van der Waals surface area contributed by atoms with Gasteiger partial charge in [-0.2, -0.15) is 13.2 Å². The Morgan fingerprint density at radius 1 is 1.29 bits per heavy atom. The van der Waals surface area contributed by atoms with Crippen molar-refractivity contribution in [1.29, 1.82) is 0 Å². The van der Waals surface area contributed by atoms with E-state index in [2.05, 4.69) is 0 Å². The molecule has 0 spiro atoms. The largest absolute Gasteiger partial charge is 0.459 e. The third-order valence-electron chi connectivity index (χ3n) is 4.50. The van der Waals surface area contributed by atoms with Gasteiger partial charge in [-0.3, -0.25) is 14.3 Å². The number of nitrogens with one attached hydrogen (secondary N) is 1. The number of carbonyl (C=O) groups excluding carboxylic acids is 1. The van der Waals surface area contributed by atoms with Crippen molar-refractivity contribution >= 4 is 5.97 Å². The molecule has 2 heterocycles. The molecule has 3 rings (SSSR count). The fraction of sp³-hybridized carbons (Fsp3) is 0.389. The number of aromatic nitrogens is 2. The molecule has 0 unspecified atom stereocenters. The van der Waals surface area contributed by atoms with Crippen molar-refractivity contribution in [1.82, 2.24) is 9.55 Å². The van der Waals surface area contributed by atoms with E-state index in [0.717, 1.165) is 10.8 Å². The van der Waals surface area contributed by atoms with Crippen LogP contribution in [0.5, 0.6) is 0 Å². The molecule has 150 valence electrons. The van der Waals surface area contributed by atoms with Crippen LogP contribution in [0.15, 0.2) is 46.1 Å². The van der Waals surface area contributed by atoms with Crippen LogP contribution in [0, 0.1) is 12.8 Å². The molecule has 2 aromatic rings. The van der Waals surface area contributed by atoms with Gasteiger partial charge < -0.3 is 9.47 Å². The van der Waals surface area contributed by atoms with Gasteiger partial charge in [0.2, 0.25) is 0 Å². The van der Waals surface area contributed by atoms with Gasteiger partial charge in [-0.25, -0.2) is 9.59 Å². The number of hydrogen-bond acceptors (Lipinski definition) is 5. The highest BCUT2D eigenvalue weighted by Crippen LogP contribution is 2.43. The zero-order valence-electron chi connectivity index (χ0n) is 14.7. The molecule has 10 heteroatoms. The molecular weight excluding hydrogens is 381 g/mol. The molecule has 3 atom stereocenters. The highest BCUT2D eigenvalue weighted by Gasteiger charge is 2.52. The van der Waals surface area contributed by atoms with Crippen LogP contribution in [-0.4, -0.2) is 34.4 Å². The Hall–Kier alpha value is -2.88. The summed E-state index contributed by atoms with van der Waals surface area (Å²) in [7, 11) is 0. The van der Waals surface area contributed by atoms with Gasteiger partial charge in [-0.15, -0.1) is 0 Å². The number of carbonyl (C=O) groups is 1. The first-order valence-electron chi connectivity index (χ1n) is 8.43. The SMILES string of the molecule is Cc1cn([C@H]2C[C@H](C(F)(F)F)[C@@H](COC(=O)c3ccccc3)O2)c(=O)[nH]c1=O. The van der Waals surface area contributed by atoms with E-state index >= 15 is 0 Å². The lowest BCUT2D eigenvalue weighted by atomic mass is 10.0. The second-order valence-electron chi connectivity index (χ2n) is 6.46. The lowest BCUT2D eigenvalue weighted by Gasteiger charge is -2.20. The first kappa shape index (κ1) is 19.9. The van der Waals surface area contributed by atoms with E-state index in [4.69, 9.17) is 9.47 Å². The number of H-pyrrole nitrogens is 1. The van der Waals surface area contributed by atoms with Crippen molar-refractivity contribution in [2.45, 2.75) is 31.9 Å². The summed E-state index contributed by atoms with van der Waals surface area (Å²) in [5, 5.41) is 0. The van der Waals surface area contributed by atoms with Crippen LogP contribution in [0.1, 0.15) is 28.6 Å². The number of hydrogen-bond donors (Lipinski definition) is 1. The van der Waals surface area contributed by atoms with Gasteiger partial charge in [0.1, 0.15) is 18.9 Å². The summed E-state index contributed by atoms with van der Waals surface area (Å²) in [6.07, 6.45) is -6.72. The Kier molecular flexibility index (Phi) is 5.41. The van der Waals surface area contributed by atoms with Gasteiger partial charge in [0.05, 0.1) is 11.5 Å². The topological polar surface area (TPSA) is 90.4 Å². The quantitative estimate of drug-likeness (QED) is 0.798. The minimum Gasteiger partial charge on any atom is -0.459 e. The van der Waals surface area contributed by atoms with Gasteiger partial charge in [-0.1, -0.05) is 18.2 Å². The minimum absolute atomic E-state index is 0.158. The van der Waals surface area contributed by atoms with Gasteiger partial charge in [0.25, 0.3) is 5.56 Å². The zero-order chi connectivity index (χ0) is 20.5. The molecular formula is C18H17F3N2O5. The van der Waals surface area contributed by atoms with Crippen molar-refractivity contribution in [2.24, 2.45) is 5.92 Å². The normalized spacial score (nSPS) is 22.2. The summed E-state index contributed by atoms with van der Waals surface area (Å²) < 4.78 is 51.6. The van der Waals surface area contributed by atoms with E-state index in [0.29, 0.717) is 0 Å².